The zero-order valence-corrected chi connectivity index (χ0v) is 11.5. The van der Waals surface area contributed by atoms with Crippen LogP contribution in [0.5, 0.6) is 0 Å². The van der Waals surface area contributed by atoms with Crippen molar-refractivity contribution in [3.63, 3.8) is 0 Å². The van der Waals surface area contributed by atoms with Gasteiger partial charge < -0.3 is 4.74 Å². The van der Waals surface area contributed by atoms with Crippen molar-refractivity contribution in [1.82, 2.24) is 4.90 Å². The molecular weight excluding hydrogens is 254 g/mol. The van der Waals surface area contributed by atoms with Gasteiger partial charge >= 0.3 is 6.09 Å². The van der Waals surface area contributed by atoms with E-state index in [9.17, 15) is 9.59 Å². The van der Waals surface area contributed by atoms with Crippen LogP contribution >= 0.6 is 0 Å². The summed E-state index contributed by atoms with van der Waals surface area (Å²) in [5, 5.41) is 0. The van der Waals surface area contributed by atoms with Crippen molar-refractivity contribution in [3.8, 4) is 0 Å². The molecule has 1 unspecified atom stereocenters. The van der Waals surface area contributed by atoms with Crippen LogP contribution in [0.4, 0.5) is 4.79 Å². The van der Waals surface area contributed by atoms with E-state index in [0.29, 0.717) is 25.8 Å². The molecule has 0 N–H and O–H groups in total. The summed E-state index contributed by atoms with van der Waals surface area (Å²) < 4.78 is 5.29. The molecule has 1 aromatic rings. The van der Waals surface area contributed by atoms with Gasteiger partial charge in [0.15, 0.2) is 5.78 Å². The molecule has 1 saturated heterocycles. The number of carbonyl (C=O) groups is 2. The highest BCUT2D eigenvalue weighted by Gasteiger charge is 2.32. The number of benzene rings is 1. The van der Waals surface area contributed by atoms with Gasteiger partial charge in [0.2, 0.25) is 0 Å². The Balaban J connectivity index is 1.96. The number of nitrogens with zero attached hydrogens (tertiary/aromatic N) is 1. The van der Waals surface area contributed by atoms with E-state index >= 15 is 0 Å². The van der Waals surface area contributed by atoms with Crippen LogP contribution in [-0.4, -0.2) is 29.4 Å². The summed E-state index contributed by atoms with van der Waals surface area (Å²) in [5.41, 5.74) is 0.935. The number of rotatable bonds is 4. The summed E-state index contributed by atoms with van der Waals surface area (Å²) in [5.74, 6) is 0.0906. The van der Waals surface area contributed by atoms with Crippen LogP contribution in [0.3, 0.4) is 0 Å². The van der Waals surface area contributed by atoms with Gasteiger partial charge in [-0.2, -0.15) is 0 Å². The number of likely N-dealkylation sites (tertiary alicyclic amines) is 1. The minimum atomic E-state index is -0.422. The molecule has 1 aliphatic heterocycles. The monoisotopic (exact) mass is 273 g/mol. The van der Waals surface area contributed by atoms with E-state index in [0.717, 1.165) is 5.56 Å². The molecule has 2 rings (SSSR count). The van der Waals surface area contributed by atoms with Crippen molar-refractivity contribution in [1.29, 1.82) is 0 Å². The van der Waals surface area contributed by atoms with E-state index in [1.54, 1.807) is 6.08 Å². The fraction of sp³-hybridized carbons (Fsp3) is 0.375. The fourth-order valence-corrected chi connectivity index (χ4v) is 2.36. The summed E-state index contributed by atoms with van der Waals surface area (Å²) in [7, 11) is 0. The highest BCUT2D eigenvalue weighted by molar-refractivity contribution is 5.88. The van der Waals surface area contributed by atoms with E-state index in [1.807, 2.05) is 30.3 Å². The minimum Gasteiger partial charge on any atom is -0.445 e. The number of piperidine rings is 1. The molecule has 4 nitrogen and oxygen atoms in total. The van der Waals surface area contributed by atoms with Gasteiger partial charge in [0.05, 0.1) is 6.04 Å². The molecule has 0 spiro atoms. The predicted molar refractivity (Wildman–Crippen MR) is 76.2 cm³/mol. The zero-order valence-electron chi connectivity index (χ0n) is 11.5. The van der Waals surface area contributed by atoms with E-state index in [2.05, 4.69) is 6.58 Å². The molecule has 0 bridgehead atoms. The molecule has 4 heteroatoms. The summed E-state index contributed by atoms with van der Waals surface area (Å²) >= 11 is 0. The van der Waals surface area contributed by atoms with Crippen molar-refractivity contribution in [2.24, 2.45) is 0 Å². The van der Waals surface area contributed by atoms with Crippen molar-refractivity contribution in [2.45, 2.75) is 31.9 Å². The summed E-state index contributed by atoms with van der Waals surface area (Å²) in [6.45, 7) is 4.44. The second-order valence-corrected chi connectivity index (χ2v) is 4.84. The molecule has 0 saturated carbocycles. The molecule has 1 aromatic carbocycles. The third-order valence-electron chi connectivity index (χ3n) is 3.40. The Hall–Kier alpha value is -2.10. The second-order valence-electron chi connectivity index (χ2n) is 4.84. The molecule has 106 valence electrons. The number of hydrogen-bond acceptors (Lipinski definition) is 3. The topological polar surface area (TPSA) is 46.6 Å². The molecule has 1 amide bonds. The largest absolute Gasteiger partial charge is 0.445 e. The van der Waals surface area contributed by atoms with Crippen LogP contribution < -0.4 is 0 Å². The van der Waals surface area contributed by atoms with Gasteiger partial charge in [0.1, 0.15) is 6.61 Å². The van der Waals surface area contributed by atoms with Crippen LogP contribution in [0.2, 0.25) is 0 Å². The van der Waals surface area contributed by atoms with Crippen LogP contribution in [0.1, 0.15) is 24.8 Å². The van der Waals surface area contributed by atoms with Crippen LogP contribution in [-0.2, 0) is 16.1 Å². The van der Waals surface area contributed by atoms with E-state index in [-0.39, 0.29) is 12.4 Å². The van der Waals surface area contributed by atoms with Crippen LogP contribution in [0.15, 0.2) is 43.0 Å². The average molecular weight is 273 g/mol. The maximum absolute atomic E-state index is 12.1. The van der Waals surface area contributed by atoms with Crippen molar-refractivity contribution < 1.29 is 14.3 Å². The highest BCUT2D eigenvalue weighted by Crippen LogP contribution is 2.18. The number of ketones is 1. The fourth-order valence-electron chi connectivity index (χ4n) is 2.36. The molecule has 1 aliphatic rings. The van der Waals surface area contributed by atoms with E-state index in [4.69, 9.17) is 4.74 Å². The first kappa shape index (κ1) is 14.3. The van der Waals surface area contributed by atoms with Crippen LogP contribution in [0, 0.1) is 0 Å². The molecule has 1 fully saturated rings. The number of hydrogen-bond donors (Lipinski definition) is 0. The van der Waals surface area contributed by atoms with Gasteiger partial charge in [0, 0.05) is 13.0 Å². The normalized spacial score (nSPS) is 18.7. The van der Waals surface area contributed by atoms with Crippen molar-refractivity contribution in [3.05, 3.63) is 48.6 Å². The lowest BCUT2D eigenvalue weighted by Crippen LogP contribution is -2.48. The summed E-state index contributed by atoms with van der Waals surface area (Å²) in [6.07, 6.45) is 2.96. The molecule has 0 aromatic heterocycles. The first-order valence-corrected chi connectivity index (χ1v) is 6.83. The molecule has 1 atom stereocenters. The lowest BCUT2D eigenvalue weighted by Gasteiger charge is -2.33. The summed E-state index contributed by atoms with van der Waals surface area (Å²) in [6, 6.07) is 9.09. The Morgan fingerprint density at radius 2 is 2.15 bits per heavy atom. The predicted octanol–water partition coefficient (Wildman–Crippen LogP) is 2.93. The zero-order chi connectivity index (χ0) is 14.4. The maximum atomic E-state index is 12.1. The lowest BCUT2D eigenvalue weighted by molar-refractivity contribution is -0.126. The Kier molecular flexibility index (Phi) is 4.93. The van der Waals surface area contributed by atoms with Gasteiger partial charge in [-0.05, 0) is 18.4 Å². The maximum Gasteiger partial charge on any atom is 0.410 e. The first-order chi connectivity index (χ1) is 9.72. The Morgan fingerprint density at radius 3 is 2.85 bits per heavy atom. The molecule has 0 aliphatic carbocycles. The average Bonchev–Trinajstić information content (AvgIpc) is 2.48. The molecule has 20 heavy (non-hydrogen) atoms. The minimum absolute atomic E-state index is 0.0906. The molecule has 0 radical (unpaired) electrons. The first-order valence-electron chi connectivity index (χ1n) is 6.83. The Labute approximate surface area is 119 Å². The third-order valence-corrected chi connectivity index (χ3v) is 3.40. The van der Waals surface area contributed by atoms with Gasteiger partial charge in [-0.3, -0.25) is 9.69 Å². The number of Topliss-reactive ketones (excluding diaryl/α,β-unsaturated/α-hetero) is 1. The smallest absolute Gasteiger partial charge is 0.410 e. The van der Waals surface area contributed by atoms with Gasteiger partial charge in [-0.15, -0.1) is 6.58 Å². The molecule has 1 heterocycles. The van der Waals surface area contributed by atoms with Gasteiger partial charge in [0.25, 0.3) is 0 Å². The van der Waals surface area contributed by atoms with E-state index < -0.39 is 12.1 Å². The third kappa shape index (κ3) is 3.47. The Morgan fingerprint density at radius 1 is 1.40 bits per heavy atom. The standard InChI is InChI=1S/C16H19NO3/c1-2-7-14-15(18)10-6-11-17(14)16(19)20-12-13-8-4-3-5-9-13/h2-5,8-9,14H,1,6-7,10-12H2. The van der Waals surface area contributed by atoms with Crippen molar-refractivity contribution in [2.75, 3.05) is 6.54 Å². The number of carbonyl (C=O) groups excluding carboxylic acids is 2. The van der Waals surface area contributed by atoms with E-state index in [1.165, 1.54) is 4.90 Å². The lowest BCUT2D eigenvalue weighted by atomic mass is 9.98. The SMILES string of the molecule is C=CCC1C(=O)CCCN1C(=O)OCc1ccccc1. The summed E-state index contributed by atoms with van der Waals surface area (Å²) in [4.78, 5) is 25.5. The van der Waals surface area contributed by atoms with Gasteiger partial charge in [-0.25, -0.2) is 4.79 Å². The van der Waals surface area contributed by atoms with Gasteiger partial charge in [-0.1, -0.05) is 36.4 Å². The number of ether oxygens (including phenoxy) is 1. The quantitative estimate of drug-likeness (QED) is 0.792. The molecular formula is C16H19NO3. The van der Waals surface area contributed by atoms with Crippen LogP contribution in [0.25, 0.3) is 0 Å². The highest BCUT2D eigenvalue weighted by atomic mass is 16.6. The second kappa shape index (κ2) is 6.89. The number of amides is 1. The Bertz CT molecular complexity index is 484. The van der Waals surface area contributed by atoms with Crippen molar-refractivity contribution >= 4 is 11.9 Å².